The quantitative estimate of drug-likeness (QED) is 0.659. The Morgan fingerprint density at radius 3 is 2.36 bits per heavy atom. The summed E-state index contributed by atoms with van der Waals surface area (Å²) in [5.74, 6) is 2.55. The zero-order chi connectivity index (χ0) is 8.06. The summed E-state index contributed by atoms with van der Waals surface area (Å²) in [6, 6.07) is 0. The topological polar surface area (TPSA) is 20.2 Å². The van der Waals surface area contributed by atoms with Crippen LogP contribution in [0.4, 0.5) is 0 Å². The van der Waals surface area contributed by atoms with Gasteiger partial charge in [-0.3, -0.25) is 0 Å². The molecule has 2 atom stereocenters. The molecule has 0 unspecified atom stereocenters. The van der Waals surface area contributed by atoms with Crippen LogP contribution >= 0.6 is 0 Å². The maximum atomic E-state index is 9.27. The van der Waals surface area contributed by atoms with E-state index in [9.17, 15) is 5.11 Å². The highest BCUT2D eigenvalue weighted by Crippen LogP contribution is 2.65. The van der Waals surface area contributed by atoms with E-state index < -0.39 is 0 Å². The van der Waals surface area contributed by atoms with Gasteiger partial charge in [-0.1, -0.05) is 13.8 Å². The summed E-state index contributed by atoms with van der Waals surface area (Å²) >= 11 is 0. The second kappa shape index (κ2) is 2.22. The van der Waals surface area contributed by atoms with Crippen LogP contribution < -0.4 is 0 Å². The highest BCUT2D eigenvalue weighted by Gasteiger charge is 2.60. The number of aliphatic hydroxyl groups is 1. The lowest BCUT2D eigenvalue weighted by molar-refractivity contribution is 0.152. The van der Waals surface area contributed by atoms with Gasteiger partial charge in [-0.15, -0.1) is 0 Å². The van der Waals surface area contributed by atoms with Gasteiger partial charge in [0.15, 0.2) is 0 Å². The first-order chi connectivity index (χ1) is 5.20. The van der Waals surface area contributed by atoms with Gasteiger partial charge >= 0.3 is 0 Å². The minimum atomic E-state index is 0.348. The summed E-state index contributed by atoms with van der Waals surface area (Å²) in [6.07, 6.45) is 4.16. The summed E-state index contributed by atoms with van der Waals surface area (Å²) in [5, 5.41) is 9.27. The Kier molecular flexibility index (Phi) is 1.54. The van der Waals surface area contributed by atoms with Crippen molar-refractivity contribution in [1.82, 2.24) is 0 Å². The zero-order valence-corrected chi connectivity index (χ0v) is 7.51. The Balaban J connectivity index is 1.99. The van der Waals surface area contributed by atoms with Gasteiger partial charge in [-0.25, -0.2) is 0 Å². The maximum Gasteiger partial charge on any atom is 0.0492 e. The molecule has 2 fully saturated rings. The van der Waals surface area contributed by atoms with Crippen molar-refractivity contribution in [2.75, 3.05) is 6.61 Å². The van der Waals surface area contributed by atoms with Crippen LogP contribution in [0.1, 0.15) is 33.1 Å². The molecule has 1 N–H and O–H groups in total. The third-order valence-corrected chi connectivity index (χ3v) is 3.81. The lowest BCUT2D eigenvalue weighted by atomic mass is 9.89. The van der Waals surface area contributed by atoms with Crippen molar-refractivity contribution in [3.8, 4) is 0 Å². The Labute approximate surface area is 68.8 Å². The molecular weight excluding hydrogens is 136 g/mol. The van der Waals surface area contributed by atoms with E-state index in [0.717, 1.165) is 11.8 Å². The highest BCUT2D eigenvalue weighted by molar-refractivity contribution is 5.09. The van der Waals surface area contributed by atoms with Gasteiger partial charge in [-0.05, 0) is 42.4 Å². The molecule has 2 aliphatic carbocycles. The number of hydrogen-bond donors (Lipinski definition) is 1. The average Bonchev–Trinajstić information content (AvgIpc) is 2.83. The average molecular weight is 154 g/mol. The van der Waals surface area contributed by atoms with Crippen LogP contribution in [-0.4, -0.2) is 11.7 Å². The Bertz CT molecular complexity index is 160. The highest BCUT2D eigenvalue weighted by atomic mass is 16.3. The van der Waals surface area contributed by atoms with E-state index >= 15 is 0 Å². The molecular formula is C10H18O. The molecule has 64 valence electrons. The molecule has 2 aliphatic rings. The summed E-state index contributed by atoms with van der Waals surface area (Å²) < 4.78 is 0. The van der Waals surface area contributed by atoms with Crippen LogP contribution in [0.25, 0.3) is 0 Å². The van der Waals surface area contributed by atoms with Crippen molar-refractivity contribution in [1.29, 1.82) is 0 Å². The monoisotopic (exact) mass is 154 g/mol. The van der Waals surface area contributed by atoms with Gasteiger partial charge in [0.25, 0.3) is 0 Å². The van der Waals surface area contributed by atoms with Gasteiger partial charge in [0, 0.05) is 6.61 Å². The predicted octanol–water partition coefficient (Wildman–Crippen LogP) is 2.05. The standard InChI is InChI=1S/C10H18O/c1-7(2)10(6-11)5-9(10)8-3-4-8/h7-9,11H,3-6H2,1-2H3/t9-,10+/m0/s1. The largest absolute Gasteiger partial charge is 0.396 e. The Hall–Kier alpha value is -0.0400. The molecule has 1 nitrogen and oxygen atoms in total. The number of hydrogen-bond acceptors (Lipinski definition) is 1. The van der Waals surface area contributed by atoms with E-state index in [4.69, 9.17) is 0 Å². The lowest BCUT2D eigenvalue weighted by Gasteiger charge is -2.18. The van der Waals surface area contributed by atoms with Crippen LogP contribution in [0.2, 0.25) is 0 Å². The van der Waals surface area contributed by atoms with Gasteiger partial charge in [0.2, 0.25) is 0 Å². The third kappa shape index (κ3) is 1.01. The predicted molar refractivity (Wildman–Crippen MR) is 45.2 cm³/mol. The van der Waals surface area contributed by atoms with Gasteiger partial charge in [0.05, 0.1) is 0 Å². The summed E-state index contributed by atoms with van der Waals surface area (Å²) in [6.45, 7) is 4.92. The molecule has 0 aromatic heterocycles. The first kappa shape index (κ1) is 7.60. The molecule has 0 bridgehead atoms. The van der Waals surface area contributed by atoms with E-state index in [1.54, 1.807) is 0 Å². The van der Waals surface area contributed by atoms with Gasteiger partial charge < -0.3 is 5.11 Å². The lowest BCUT2D eigenvalue weighted by Crippen LogP contribution is -2.18. The van der Waals surface area contributed by atoms with E-state index in [2.05, 4.69) is 13.8 Å². The molecule has 2 saturated carbocycles. The van der Waals surface area contributed by atoms with Crippen LogP contribution in [0.5, 0.6) is 0 Å². The van der Waals surface area contributed by atoms with Crippen molar-refractivity contribution in [3.05, 3.63) is 0 Å². The number of aliphatic hydroxyl groups excluding tert-OH is 1. The summed E-state index contributed by atoms with van der Waals surface area (Å²) in [4.78, 5) is 0. The second-order valence-corrected chi connectivity index (χ2v) is 4.69. The second-order valence-electron chi connectivity index (χ2n) is 4.69. The third-order valence-electron chi connectivity index (χ3n) is 3.81. The first-order valence-electron chi connectivity index (χ1n) is 4.81. The first-order valence-corrected chi connectivity index (χ1v) is 4.81. The molecule has 0 radical (unpaired) electrons. The fourth-order valence-electron chi connectivity index (χ4n) is 2.51. The molecule has 0 saturated heterocycles. The fraction of sp³-hybridized carbons (Fsp3) is 1.00. The summed E-state index contributed by atoms with van der Waals surface area (Å²) in [7, 11) is 0. The van der Waals surface area contributed by atoms with Crippen LogP contribution in [0, 0.1) is 23.2 Å². The van der Waals surface area contributed by atoms with Crippen molar-refractivity contribution < 1.29 is 5.11 Å². The van der Waals surface area contributed by atoms with E-state index in [1.165, 1.54) is 19.3 Å². The molecule has 1 heteroatoms. The van der Waals surface area contributed by atoms with E-state index in [0.29, 0.717) is 17.9 Å². The normalized spacial score (nSPS) is 43.1. The van der Waals surface area contributed by atoms with E-state index in [-0.39, 0.29) is 0 Å². The molecule has 0 amide bonds. The van der Waals surface area contributed by atoms with Gasteiger partial charge in [-0.2, -0.15) is 0 Å². The molecule has 0 aromatic carbocycles. The van der Waals surface area contributed by atoms with Crippen molar-refractivity contribution in [3.63, 3.8) is 0 Å². The Morgan fingerprint density at radius 1 is 1.45 bits per heavy atom. The van der Waals surface area contributed by atoms with E-state index in [1.807, 2.05) is 0 Å². The van der Waals surface area contributed by atoms with Crippen molar-refractivity contribution in [2.24, 2.45) is 23.2 Å². The van der Waals surface area contributed by atoms with Gasteiger partial charge in [0.1, 0.15) is 0 Å². The smallest absolute Gasteiger partial charge is 0.0492 e. The van der Waals surface area contributed by atoms with Crippen molar-refractivity contribution >= 4 is 0 Å². The molecule has 0 aliphatic heterocycles. The SMILES string of the molecule is CC(C)[C@]1(CO)C[C@H]1C1CC1. The summed E-state index contributed by atoms with van der Waals surface area (Å²) in [5.41, 5.74) is 0.348. The molecule has 2 rings (SSSR count). The molecule has 0 aromatic rings. The minimum absolute atomic E-state index is 0.348. The molecule has 0 spiro atoms. The fourth-order valence-corrected chi connectivity index (χ4v) is 2.51. The zero-order valence-electron chi connectivity index (χ0n) is 7.51. The maximum absolute atomic E-state index is 9.27. The van der Waals surface area contributed by atoms with Crippen LogP contribution in [0.15, 0.2) is 0 Å². The van der Waals surface area contributed by atoms with Crippen LogP contribution in [-0.2, 0) is 0 Å². The molecule has 0 heterocycles. The van der Waals surface area contributed by atoms with Crippen LogP contribution in [0.3, 0.4) is 0 Å². The van der Waals surface area contributed by atoms with Crippen molar-refractivity contribution in [2.45, 2.75) is 33.1 Å². The minimum Gasteiger partial charge on any atom is -0.396 e. The molecule has 11 heavy (non-hydrogen) atoms. The number of rotatable bonds is 3. The Morgan fingerprint density at radius 2 is 2.09 bits per heavy atom.